The van der Waals surface area contributed by atoms with Crippen LogP contribution in [0.3, 0.4) is 0 Å². The second-order valence-electron chi connectivity index (χ2n) is 11.7. The number of hydrogen-bond acceptors (Lipinski definition) is 7. The summed E-state index contributed by atoms with van der Waals surface area (Å²) in [6.07, 6.45) is 10.5. The summed E-state index contributed by atoms with van der Waals surface area (Å²) in [5, 5.41) is 3.62. The normalized spacial score (nSPS) is 17.6. The maximum Gasteiger partial charge on any atom is 0.129 e. The summed E-state index contributed by atoms with van der Waals surface area (Å²) in [6, 6.07) is 4.50. The predicted octanol–water partition coefficient (Wildman–Crippen LogP) is 6.79. The van der Waals surface area contributed by atoms with Crippen molar-refractivity contribution >= 4 is 29.3 Å². The van der Waals surface area contributed by atoms with E-state index in [1.165, 1.54) is 52.4 Å². The van der Waals surface area contributed by atoms with Gasteiger partial charge in [-0.15, -0.1) is 11.8 Å². The highest BCUT2D eigenvalue weighted by Gasteiger charge is 2.30. The van der Waals surface area contributed by atoms with Crippen molar-refractivity contribution in [3.05, 3.63) is 52.2 Å². The molecule has 39 heavy (non-hydrogen) atoms. The van der Waals surface area contributed by atoms with Crippen LogP contribution in [0.4, 0.5) is 5.69 Å². The number of rotatable bonds is 7. The first-order chi connectivity index (χ1) is 18.5. The van der Waals surface area contributed by atoms with Crippen LogP contribution in [0.5, 0.6) is 0 Å². The second-order valence-corrected chi connectivity index (χ2v) is 12.7. The van der Waals surface area contributed by atoms with Crippen LogP contribution in [0.1, 0.15) is 108 Å². The van der Waals surface area contributed by atoms with Gasteiger partial charge in [-0.3, -0.25) is 9.97 Å². The van der Waals surface area contributed by atoms with Crippen molar-refractivity contribution in [3.8, 4) is 0 Å². The van der Waals surface area contributed by atoms with E-state index in [4.69, 9.17) is 10.7 Å². The molecule has 1 saturated carbocycles. The van der Waals surface area contributed by atoms with Crippen molar-refractivity contribution in [1.82, 2.24) is 15.3 Å². The Balaban J connectivity index is 0.000000196. The number of nitrogens with two attached hydrogens (primary N) is 1. The molecule has 3 aliphatic rings. The highest BCUT2D eigenvalue weighted by molar-refractivity contribution is 7.99. The van der Waals surface area contributed by atoms with Gasteiger partial charge in [-0.25, -0.2) is 0 Å². The molecule has 0 atom stereocenters. The molecule has 1 aliphatic carbocycles. The molecule has 0 amide bonds. The van der Waals surface area contributed by atoms with Crippen LogP contribution in [0.25, 0.3) is 6.08 Å². The van der Waals surface area contributed by atoms with E-state index in [-0.39, 0.29) is 11.3 Å². The largest absolute Gasteiger partial charge is 0.402 e. The van der Waals surface area contributed by atoms with Gasteiger partial charge in [0, 0.05) is 77.1 Å². The summed E-state index contributed by atoms with van der Waals surface area (Å²) < 4.78 is 0. The number of allylic oxidation sites excluding steroid dienone is 1. The van der Waals surface area contributed by atoms with Crippen molar-refractivity contribution in [1.29, 1.82) is 0 Å². The van der Waals surface area contributed by atoms with Crippen LogP contribution in [0.15, 0.2) is 28.9 Å². The van der Waals surface area contributed by atoms with Gasteiger partial charge in [-0.1, -0.05) is 20.3 Å². The highest BCUT2D eigenvalue weighted by atomic mass is 32.2. The van der Waals surface area contributed by atoms with E-state index in [1.807, 2.05) is 37.9 Å². The quantitative estimate of drug-likeness (QED) is 0.392. The number of ketones is 1. The summed E-state index contributed by atoms with van der Waals surface area (Å²) in [4.78, 5) is 23.1. The molecule has 2 fully saturated rings. The number of hydrogen-bond donors (Lipinski definition) is 2. The molecule has 214 valence electrons. The summed E-state index contributed by atoms with van der Waals surface area (Å²) in [7, 11) is 0. The number of carbonyl (C=O) groups excluding carboxylic acids is 1. The van der Waals surface area contributed by atoms with Crippen molar-refractivity contribution in [2.75, 3.05) is 24.5 Å². The number of fused-ring (bicyclic) bond motifs is 1. The van der Waals surface area contributed by atoms with E-state index in [1.54, 1.807) is 6.92 Å². The zero-order valence-corrected chi connectivity index (χ0v) is 26.0. The maximum atomic E-state index is 10.0. The number of carbonyl (C=O) groups is 1. The summed E-state index contributed by atoms with van der Waals surface area (Å²) in [5.74, 6) is 2.13. The Hall–Kier alpha value is -2.38. The van der Waals surface area contributed by atoms with Gasteiger partial charge in [0.25, 0.3) is 0 Å². The molecule has 1 saturated heterocycles. The van der Waals surface area contributed by atoms with Crippen LogP contribution in [0.2, 0.25) is 0 Å². The van der Waals surface area contributed by atoms with E-state index in [0.29, 0.717) is 0 Å². The fourth-order valence-electron chi connectivity index (χ4n) is 4.97. The number of nitrogens with zero attached hydrogens (tertiary/aromatic N) is 3. The Morgan fingerprint density at radius 2 is 1.97 bits per heavy atom. The lowest BCUT2D eigenvalue weighted by Crippen LogP contribution is -2.57. The predicted molar refractivity (Wildman–Crippen MR) is 166 cm³/mol. The van der Waals surface area contributed by atoms with Gasteiger partial charge in [0.05, 0.1) is 5.69 Å². The first-order valence-corrected chi connectivity index (χ1v) is 15.6. The smallest absolute Gasteiger partial charge is 0.129 e. The van der Waals surface area contributed by atoms with Gasteiger partial charge < -0.3 is 20.7 Å². The zero-order chi connectivity index (χ0) is 28.6. The number of aromatic nitrogens is 2. The highest BCUT2D eigenvalue weighted by Crippen LogP contribution is 2.41. The van der Waals surface area contributed by atoms with Crippen molar-refractivity contribution in [3.63, 3.8) is 0 Å². The lowest BCUT2D eigenvalue weighted by atomic mass is 9.98. The average Bonchev–Trinajstić information content (AvgIpc) is 3.68. The molecule has 2 aliphatic heterocycles. The van der Waals surface area contributed by atoms with E-state index in [0.717, 1.165) is 62.0 Å². The maximum absolute atomic E-state index is 10.0. The molecule has 7 heteroatoms. The van der Waals surface area contributed by atoms with Crippen LogP contribution >= 0.6 is 11.8 Å². The second kappa shape index (κ2) is 14.3. The van der Waals surface area contributed by atoms with Crippen LogP contribution in [-0.4, -0.2) is 40.9 Å². The minimum absolute atomic E-state index is 0.193. The zero-order valence-electron chi connectivity index (χ0n) is 25.2. The number of anilines is 1. The Kier molecular flexibility index (Phi) is 11.4. The Bertz CT molecular complexity index is 1150. The molecule has 2 aromatic rings. The third-order valence-electron chi connectivity index (χ3n) is 7.07. The Labute approximate surface area is 240 Å². The molecule has 0 spiro atoms. The standard InChI is InChI=1S/C18H29N3.C9H10N2S.C5H10O/c1-5-6-15-13(2)20-16(14-7-8-14)11-17(15)21-10-9-19-18(3,4)12-21;1-6(10)2-8-3-7-5-12-9(7)4-11-8;1-3-4-5(2)6/h11,14,19H,5-10,12H2,1-4H3;2-4H,5,10H2,1H3;3-4H2,1-2H3/b;6-2-;. The monoisotopic (exact) mass is 551 g/mol. The van der Waals surface area contributed by atoms with E-state index >= 15 is 0 Å². The minimum Gasteiger partial charge on any atom is -0.402 e. The topological polar surface area (TPSA) is 84.1 Å². The molecular formula is C32H49N5OS. The molecule has 0 radical (unpaired) electrons. The van der Waals surface area contributed by atoms with Gasteiger partial charge in [-0.2, -0.15) is 0 Å². The minimum atomic E-state index is 0.193. The SMILES string of the molecule is C/C(N)=C/c1cc2c(cn1)SC2.CCCC(C)=O.CCCc1c(N2CCNC(C)(C)C2)cc(C2CC2)nc1C. The molecule has 0 bridgehead atoms. The van der Waals surface area contributed by atoms with Crippen LogP contribution < -0.4 is 16.0 Å². The molecule has 0 aromatic carbocycles. The van der Waals surface area contributed by atoms with Crippen molar-refractivity contribution < 1.29 is 4.79 Å². The molecule has 4 heterocycles. The lowest BCUT2D eigenvalue weighted by molar-refractivity contribution is -0.117. The number of piperazine rings is 1. The number of Topliss-reactive ketones (excluding diaryl/α,β-unsaturated/α-hetero) is 1. The molecular weight excluding hydrogens is 502 g/mol. The Morgan fingerprint density at radius 3 is 2.46 bits per heavy atom. The summed E-state index contributed by atoms with van der Waals surface area (Å²) in [6.45, 7) is 17.8. The van der Waals surface area contributed by atoms with Gasteiger partial charge >= 0.3 is 0 Å². The number of pyridine rings is 2. The first kappa shape index (κ1) is 31.2. The molecule has 2 aromatic heterocycles. The fourth-order valence-corrected chi connectivity index (χ4v) is 5.71. The first-order valence-electron chi connectivity index (χ1n) is 14.6. The number of aryl methyl sites for hydroxylation is 1. The van der Waals surface area contributed by atoms with Crippen molar-refractivity contribution in [2.45, 2.75) is 109 Å². The molecule has 6 nitrogen and oxygen atoms in total. The third-order valence-corrected chi connectivity index (χ3v) is 8.20. The summed E-state index contributed by atoms with van der Waals surface area (Å²) >= 11 is 1.84. The average molecular weight is 552 g/mol. The van der Waals surface area contributed by atoms with E-state index < -0.39 is 0 Å². The van der Waals surface area contributed by atoms with E-state index in [9.17, 15) is 4.79 Å². The lowest BCUT2D eigenvalue weighted by Gasteiger charge is -2.41. The van der Waals surface area contributed by atoms with Crippen molar-refractivity contribution in [2.24, 2.45) is 5.73 Å². The summed E-state index contributed by atoms with van der Waals surface area (Å²) in [5.41, 5.74) is 14.4. The molecule has 3 N–H and O–H groups in total. The van der Waals surface area contributed by atoms with Gasteiger partial charge in [0.1, 0.15) is 5.78 Å². The van der Waals surface area contributed by atoms with E-state index in [2.05, 4.69) is 55.0 Å². The molecule has 5 rings (SSSR count). The van der Waals surface area contributed by atoms with Crippen LogP contribution in [-0.2, 0) is 17.0 Å². The van der Waals surface area contributed by atoms with Gasteiger partial charge in [-0.05, 0) is 89.6 Å². The number of nitrogens with one attached hydrogen (secondary N) is 1. The Morgan fingerprint density at radius 1 is 1.23 bits per heavy atom. The van der Waals surface area contributed by atoms with Gasteiger partial charge in [0.15, 0.2) is 0 Å². The van der Waals surface area contributed by atoms with Crippen LogP contribution in [0, 0.1) is 6.92 Å². The third kappa shape index (κ3) is 9.64. The fraction of sp³-hybridized carbons (Fsp3) is 0.594. The van der Waals surface area contributed by atoms with Gasteiger partial charge in [0.2, 0.25) is 0 Å². The number of thioether (sulfide) groups is 1. The molecule has 0 unspecified atom stereocenters.